The predicted molar refractivity (Wildman–Crippen MR) is 118 cm³/mol. The summed E-state index contributed by atoms with van der Waals surface area (Å²) in [5.41, 5.74) is 2.44. The summed E-state index contributed by atoms with van der Waals surface area (Å²) in [5.74, 6) is 1.51. The average Bonchev–Trinajstić information content (AvgIpc) is 2.62. The van der Waals surface area contributed by atoms with Gasteiger partial charge in [0.2, 0.25) is 0 Å². The van der Waals surface area contributed by atoms with E-state index in [4.69, 9.17) is 21.1 Å². The van der Waals surface area contributed by atoms with Crippen molar-refractivity contribution >= 4 is 39.6 Å². The largest absolute Gasteiger partial charge is 0.457 e. The molecule has 1 aliphatic rings. The summed E-state index contributed by atoms with van der Waals surface area (Å²) >= 11 is 9.47. The van der Waals surface area contributed by atoms with E-state index in [9.17, 15) is 0 Å². The van der Waals surface area contributed by atoms with E-state index < -0.39 is 5.72 Å². The van der Waals surface area contributed by atoms with E-state index in [0.29, 0.717) is 5.02 Å². The summed E-state index contributed by atoms with van der Waals surface area (Å²) in [5, 5.41) is 7.27. The minimum Gasteiger partial charge on any atom is -0.457 e. The maximum Gasteiger partial charge on any atom is 0.149 e. The average molecular weight is 467 g/mol. The molecular formula is C21H25BrClN3O2. The maximum absolute atomic E-state index is 6.05. The number of rotatable bonds is 5. The molecule has 2 aromatic rings. The molecule has 0 aromatic heterocycles. The third kappa shape index (κ3) is 5.26. The van der Waals surface area contributed by atoms with Gasteiger partial charge in [0.25, 0.3) is 0 Å². The molecule has 5 nitrogen and oxygen atoms in total. The molecule has 0 radical (unpaired) electrons. The number of aryl methyl sites for hydroxylation is 2. The molecule has 2 unspecified atom stereocenters. The Morgan fingerprint density at radius 2 is 2.11 bits per heavy atom. The van der Waals surface area contributed by atoms with Gasteiger partial charge in [0.1, 0.15) is 17.2 Å². The molecule has 3 rings (SSSR count). The highest BCUT2D eigenvalue weighted by molar-refractivity contribution is 9.10. The number of hydrogen-bond acceptors (Lipinski definition) is 4. The molecular weight excluding hydrogens is 442 g/mol. The van der Waals surface area contributed by atoms with Crippen molar-refractivity contribution in [2.24, 2.45) is 4.99 Å². The Labute approximate surface area is 179 Å². The van der Waals surface area contributed by atoms with Crippen LogP contribution in [0, 0.1) is 13.8 Å². The number of aliphatic imine (C=N–C) groups is 1. The molecule has 0 saturated carbocycles. The van der Waals surface area contributed by atoms with Gasteiger partial charge in [0.05, 0.1) is 23.2 Å². The van der Waals surface area contributed by atoms with Gasteiger partial charge in [-0.05, 0) is 85.1 Å². The van der Waals surface area contributed by atoms with E-state index in [1.54, 1.807) is 12.4 Å². The van der Waals surface area contributed by atoms with Crippen LogP contribution in [0.15, 0.2) is 39.8 Å². The van der Waals surface area contributed by atoms with Crippen LogP contribution in [0.25, 0.3) is 0 Å². The van der Waals surface area contributed by atoms with Crippen molar-refractivity contribution < 1.29 is 9.47 Å². The summed E-state index contributed by atoms with van der Waals surface area (Å²) in [7, 11) is 0. The monoisotopic (exact) mass is 465 g/mol. The molecule has 2 atom stereocenters. The second-order valence-corrected chi connectivity index (χ2v) is 8.54. The van der Waals surface area contributed by atoms with Crippen LogP contribution >= 0.6 is 27.5 Å². The minimum atomic E-state index is -0.463. The third-order valence-electron chi connectivity index (χ3n) is 4.54. The van der Waals surface area contributed by atoms with Gasteiger partial charge in [0.15, 0.2) is 0 Å². The second kappa shape index (κ2) is 8.82. The highest BCUT2D eigenvalue weighted by Crippen LogP contribution is 2.34. The van der Waals surface area contributed by atoms with Crippen molar-refractivity contribution in [2.45, 2.75) is 39.5 Å². The molecule has 0 spiro atoms. The first-order valence-corrected chi connectivity index (χ1v) is 10.4. The lowest BCUT2D eigenvalue weighted by Gasteiger charge is -2.37. The van der Waals surface area contributed by atoms with Crippen molar-refractivity contribution in [3.63, 3.8) is 0 Å². The van der Waals surface area contributed by atoms with Gasteiger partial charge in [0, 0.05) is 17.6 Å². The van der Waals surface area contributed by atoms with Gasteiger partial charge in [-0.2, -0.15) is 0 Å². The highest BCUT2D eigenvalue weighted by atomic mass is 79.9. The minimum absolute atomic E-state index is 0.160. The third-order valence-corrected chi connectivity index (χ3v) is 5.76. The Morgan fingerprint density at radius 3 is 2.82 bits per heavy atom. The second-order valence-electron chi connectivity index (χ2n) is 7.27. The van der Waals surface area contributed by atoms with Gasteiger partial charge < -0.3 is 20.1 Å². The Hall–Kier alpha value is -1.60. The predicted octanol–water partition coefficient (Wildman–Crippen LogP) is 5.49. The smallest absolute Gasteiger partial charge is 0.149 e. The van der Waals surface area contributed by atoms with E-state index in [-0.39, 0.29) is 6.10 Å². The van der Waals surface area contributed by atoms with Crippen LogP contribution in [0.5, 0.6) is 11.5 Å². The van der Waals surface area contributed by atoms with Crippen molar-refractivity contribution in [2.75, 3.05) is 13.1 Å². The molecule has 0 aliphatic carbocycles. The highest BCUT2D eigenvalue weighted by Gasteiger charge is 2.29. The van der Waals surface area contributed by atoms with Gasteiger partial charge in [-0.3, -0.25) is 0 Å². The number of halogens is 2. The fraction of sp³-hybridized carbons (Fsp3) is 0.381. The molecule has 150 valence electrons. The molecule has 1 aliphatic heterocycles. The Balaban J connectivity index is 1.71. The zero-order chi connectivity index (χ0) is 20.3. The number of morpholine rings is 1. The van der Waals surface area contributed by atoms with Gasteiger partial charge in [-0.25, -0.2) is 4.99 Å². The number of nitrogens with one attached hydrogen (secondary N) is 2. The first-order valence-electron chi connectivity index (χ1n) is 9.19. The molecule has 2 aromatic carbocycles. The zero-order valence-electron chi connectivity index (χ0n) is 16.5. The van der Waals surface area contributed by atoms with E-state index in [2.05, 4.69) is 38.5 Å². The number of benzene rings is 2. The number of nitrogens with zero attached hydrogens (tertiary/aromatic N) is 1. The SMILES string of the molecule is Cc1cc(Oc2ccc(Cl)c(Br)c2)c(C)cc1/N=C/NC1(C)CNCC(C)O1. The summed E-state index contributed by atoms with van der Waals surface area (Å²) in [6.07, 6.45) is 1.87. The fourth-order valence-electron chi connectivity index (χ4n) is 3.06. The molecule has 1 saturated heterocycles. The van der Waals surface area contributed by atoms with Gasteiger partial charge in [-0.1, -0.05) is 11.6 Å². The lowest BCUT2D eigenvalue weighted by molar-refractivity contribution is -0.105. The van der Waals surface area contributed by atoms with E-state index >= 15 is 0 Å². The summed E-state index contributed by atoms with van der Waals surface area (Å²) < 4.78 is 12.8. The van der Waals surface area contributed by atoms with Crippen molar-refractivity contribution in [3.05, 3.63) is 51.0 Å². The van der Waals surface area contributed by atoms with Crippen LogP contribution in [-0.2, 0) is 4.74 Å². The van der Waals surface area contributed by atoms with Crippen LogP contribution in [0.2, 0.25) is 5.02 Å². The standard InChI is InChI=1S/C21H25BrClN3O2/c1-13-8-20(27-16-5-6-18(23)17(22)9-16)14(2)7-19(13)25-12-26-21(4)11-24-10-15(3)28-21/h5-9,12,15,24H,10-11H2,1-4H3,(H,25,26). The molecule has 7 heteroatoms. The van der Waals surface area contributed by atoms with Crippen LogP contribution in [0.1, 0.15) is 25.0 Å². The zero-order valence-corrected chi connectivity index (χ0v) is 18.8. The van der Waals surface area contributed by atoms with Crippen LogP contribution in [-0.4, -0.2) is 31.3 Å². The lowest BCUT2D eigenvalue weighted by atomic mass is 10.1. The van der Waals surface area contributed by atoms with Crippen molar-refractivity contribution in [1.82, 2.24) is 10.6 Å². The molecule has 1 fully saturated rings. The number of hydrogen-bond donors (Lipinski definition) is 2. The van der Waals surface area contributed by atoms with Crippen LogP contribution in [0.3, 0.4) is 0 Å². The maximum atomic E-state index is 6.05. The van der Waals surface area contributed by atoms with Gasteiger partial charge >= 0.3 is 0 Å². The molecule has 0 bridgehead atoms. The van der Waals surface area contributed by atoms with Gasteiger partial charge in [-0.15, -0.1) is 0 Å². The Morgan fingerprint density at radius 1 is 1.32 bits per heavy atom. The van der Waals surface area contributed by atoms with Crippen molar-refractivity contribution in [3.8, 4) is 11.5 Å². The van der Waals surface area contributed by atoms with Crippen LogP contribution < -0.4 is 15.4 Å². The normalized spacial score (nSPS) is 22.4. The Bertz CT molecular complexity index is 890. The number of ether oxygens (including phenoxy) is 2. The quantitative estimate of drug-likeness (QED) is 0.452. The van der Waals surface area contributed by atoms with E-state index in [0.717, 1.165) is 45.9 Å². The topological polar surface area (TPSA) is 54.9 Å². The molecule has 1 heterocycles. The molecule has 2 N–H and O–H groups in total. The van der Waals surface area contributed by atoms with Crippen LogP contribution in [0.4, 0.5) is 5.69 Å². The first-order chi connectivity index (χ1) is 13.3. The summed E-state index contributed by atoms with van der Waals surface area (Å²) in [6.45, 7) is 9.67. The molecule has 0 amide bonds. The van der Waals surface area contributed by atoms with Crippen molar-refractivity contribution in [1.29, 1.82) is 0 Å². The lowest BCUT2D eigenvalue weighted by Crippen LogP contribution is -2.58. The van der Waals surface area contributed by atoms with E-state index in [1.807, 2.05) is 45.0 Å². The Kier molecular flexibility index (Phi) is 6.65. The fourth-order valence-corrected chi connectivity index (χ4v) is 3.53. The van der Waals surface area contributed by atoms with E-state index in [1.165, 1.54) is 0 Å². The summed E-state index contributed by atoms with van der Waals surface area (Å²) in [4.78, 5) is 4.58. The molecule has 28 heavy (non-hydrogen) atoms. The first kappa shape index (κ1) is 21.1. The summed E-state index contributed by atoms with van der Waals surface area (Å²) in [6, 6.07) is 9.51.